The molecule has 21 heavy (non-hydrogen) atoms. The Hall–Kier alpha value is -1.40. The van der Waals surface area contributed by atoms with Crippen LogP contribution in [0.3, 0.4) is 0 Å². The first-order valence-electron chi connectivity index (χ1n) is 7.18. The van der Waals surface area contributed by atoms with Gasteiger partial charge in [-0.15, -0.1) is 0 Å². The van der Waals surface area contributed by atoms with Crippen molar-refractivity contribution < 1.29 is 17.9 Å². The number of rotatable bonds is 7. The minimum atomic E-state index is -3.20. The molecule has 0 unspecified atom stereocenters. The van der Waals surface area contributed by atoms with Gasteiger partial charge in [-0.3, -0.25) is 4.79 Å². The molecule has 1 aromatic carbocycles. The summed E-state index contributed by atoms with van der Waals surface area (Å²) in [5, 5.41) is 2.65. The van der Waals surface area contributed by atoms with E-state index in [9.17, 15) is 13.2 Å². The first kappa shape index (κ1) is 16.0. The molecule has 1 heterocycles. The fraction of sp³-hybridized carbons (Fsp3) is 0.533. The summed E-state index contributed by atoms with van der Waals surface area (Å²) in [5.41, 5.74) is 0.767. The van der Waals surface area contributed by atoms with Gasteiger partial charge in [0.15, 0.2) is 9.84 Å². The van der Waals surface area contributed by atoms with Gasteiger partial charge >= 0.3 is 0 Å². The summed E-state index contributed by atoms with van der Waals surface area (Å²) in [6.07, 6.45) is 2.20. The van der Waals surface area contributed by atoms with Crippen molar-refractivity contribution in [3.05, 3.63) is 35.9 Å². The van der Waals surface area contributed by atoms with Crippen molar-refractivity contribution in [3.8, 4) is 0 Å². The normalized spacial score (nSPS) is 18.6. The third-order valence-corrected chi connectivity index (χ3v) is 5.00. The van der Waals surface area contributed by atoms with Crippen LogP contribution >= 0.6 is 0 Å². The monoisotopic (exact) mass is 311 g/mol. The molecule has 0 saturated carbocycles. The number of carbonyl (C=O) groups excluding carboxylic acids is 1. The van der Waals surface area contributed by atoms with Gasteiger partial charge in [0.2, 0.25) is 5.91 Å². The van der Waals surface area contributed by atoms with Crippen molar-refractivity contribution in [1.29, 1.82) is 0 Å². The van der Waals surface area contributed by atoms with Crippen LogP contribution in [0.5, 0.6) is 0 Å². The zero-order chi connectivity index (χ0) is 15.1. The smallest absolute Gasteiger partial charge is 0.222 e. The highest BCUT2D eigenvalue weighted by Crippen LogP contribution is 2.14. The summed E-state index contributed by atoms with van der Waals surface area (Å²) in [6.45, 7) is 0.865. The molecule has 0 bridgehead atoms. The summed E-state index contributed by atoms with van der Waals surface area (Å²) in [4.78, 5) is 11.7. The Morgan fingerprint density at radius 1 is 1.29 bits per heavy atom. The van der Waals surface area contributed by atoms with Gasteiger partial charge in [0, 0.05) is 13.2 Å². The Bertz CT molecular complexity index is 550. The van der Waals surface area contributed by atoms with Gasteiger partial charge in [-0.2, -0.15) is 0 Å². The van der Waals surface area contributed by atoms with Crippen molar-refractivity contribution in [3.63, 3.8) is 0 Å². The molecule has 2 rings (SSSR count). The molecule has 1 amide bonds. The molecule has 1 fully saturated rings. The fourth-order valence-electron chi connectivity index (χ4n) is 2.33. The van der Waals surface area contributed by atoms with Gasteiger partial charge in [-0.25, -0.2) is 8.42 Å². The van der Waals surface area contributed by atoms with Gasteiger partial charge in [-0.1, -0.05) is 30.3 Å². The third kappa shape index (κ3) is 5.85. The predicted octanol–water partition coefficient (Wildman–Crippen LogP) is 1.29. The molecular formula is C15H21NO4S. The lowest BCUT2D eigenvalue weighted by molar-refractivity contribution is -0.123. The van der Waals surface area contributed by atoms with Crippen LogP contribution in [0.4, 0.5) is 0 Å². The van der Waals surface area contributed by atoms with Crippen molar-refractivity contribution in [1.82, 2.24) is 5.32 Å². The fourth-order valence-corrected chi connectivity index (χ4v) is 3.59. The quantitative estimate of drug-likeness (QED) is 0.823. The largest absolute Gasteiger partial charge is 0.378 e. The predicted molar refractivity (Wildman–Crippen MR) is 80.5 cm³/mol. The molecule has 6 heteroatoms. The van der Waals surface area contributed by atoms with Gasteiger partial charge in [0.1, 0.15) is 0 Å². The molecule has 116 valence electrons. The summed E-state index contributed by atoms with van der Waals surface area (Å²) >= 11 is 0. The highest BCUT2D eigenvalue weighted by molar-refractivity contribution is 7.90. The van der Waals surface area contributed by atoms with Crippen molar-refractivity contribution in [2.24, 2.45) is 0 Å². The lowest BCUT2D eigenvalue weighted by Crippen LogP contribution is -2.31. The summed E-state index contributed by atoms with van der Waals surface area (Å²) in [5.74, 6) is -0.175. The second-order valence-electron chi connectivity index (χ2n) is 5.27. The maximum Gasteiger partial charge on any atom is 0.222 e. The van der Waals surface area contributed by atoms with Gasteiger partial charge in [0.25, 0.3) is 0 Å². The number of sulfone groups is 1. The molecule has 1 saturated heterocycles. The lowest BCUT2D eigenvalue weighted by atomic mass is 10.2. The minimum Gasteiger partial charge on any atom is -0.378 e. The van der Waals surface area contributed by atoms with Crippen LogP contribution in [0.25, 0.3) is 0 Å². The van der Waals surface area contributed by atoms with Crippen molar-refractivity contribution >= 4 is 15.7 Å². The van der Waals surface area contributed by atoms with E-state index >= 15 is 0 Å². The molecule has 0 spiro atoms. The average molecular weight is 311 g/mol. The van der Waals surface area contributed by atoms with Crippen LogP contribution < -0.4 is 5.32 Å². The molecule has 1 N–H and O–H groups in total. The number of carbonyl (C=O) groups is 1. The Labute approximate surface area is 125 Å². The Morgan fingerprint density at radius 2 is 2.05 bits per heavy atom. The van der Waals surface area contributed by atoms with Crippen LogP contribution in [-0.4, -0.2) is 39.3 Å². The molecule has 1 aliphatic rings. The van der Waals surface area contributed by atoms with Crippen LogP contribution in [0.15, 0.2) is 30.3 Å². The van der Waals surface area contributed by atoms with E-state index in [1.54, 1.807) is 12.1 Å². The summed E-state index contributed by atoms with van der Waals surface area (Å²) in [7, 11) is -3.20. The Balaban J connectivity index is 1.70. The van der Waals surface area contributed by atoms with Crippen LogP contribution in [0.1, 0.15) is 24.8 Å². The highest BCUT2D eigenvalue weighted by atomic mass is 32.2. The Kier molecular flexibility index (Phi) is 5.76. The molecule has 5 nitrogen and oxygen atoms in total. The number of hydrogen-bond donors (Lipinski definition) is 1. The van der Waals surface area contributed by atoms with E-state index in [0.29, 0.717) is 13.0 Å². The first-order valence-corrected chi connectivity index (χ1v) is 9.00. The standard InChI is InChI=1S/C15H21NO4S/c17-15(11-14-7-4-9-20-14)16-8-10-21(18,19)12-13-5-2-1-3-6-13/h1-3,5-6,14H,4,7-12H2,(H,16,17)/t14-/m1/s1. The SMILES string of the molecule is O=C(C[C@H]1CCCO1)NCCS(=O)(=O)Cc1ccccc1. The van der Waals surface area contributed by atoms with E-state index in [-0.39, 0.29) is 30.1 Å². The van der Waals surface area contributed by atoms with E-state index in [2.05, 4.69) is 5.32 Å². The number of ether oxygens (including phenoxy) is 1. The van der Waals surface area contributed by atoms with Crippen LogP contribution in [0.2, 0.25) is 0 Å². The second kappa shape index (κ2) is 7.56. The molecular weight excluding hydrogens is 290 g/mol. The lowest BCUT2D eigenvalue weighted by Gasteiger charge is -2.10. The molecule has 0 aromatic heterocycles. The van der Waals surface area contributed by atoms with E-state index < -0.39 is 9.84 Å². The summed E-state index contributed by atoms with van der Waals surface area (Å²) in [6, 6.07) is 9.05. The van der Waals surface area contributed by atoms with Crippen LogP contribution in [0, 0.1) is 0 Å². The molecule has 1 atom stereocenters. The van der Waals surface area contributed by atoms with E-state index in [1.165, 1.54) is 0 Å². The first-order chi connectivity index (χ1) is 10.1. The summed E-state index contributed by atoms with van der Waals surface area (Å²) < 4.78 is 29.3. The highest BCUT2D eigenvalue weighted by Gasteiger charge is 2.19. The number of benzene rings is 1. The van der Waals surface area contributed by atoms with E-state index in [1.807, 2.05) is 18.2 Å². The maximum atomic E-state index is 12.0. The second-order valence-corrected chi connectivity index (χ2v) is 7.45. The van der Waals surface area contributed by atoms with Gasteiger partial charge in [-0.05, 0) is 18.4 Å². The van der Waals surface area contributed by atoms with Crippen molar-refractivity contribution in [2.75, 3.05) is 18.9 Å². The zero-order valence-corrected chi connectivity index (χ0v) is 12.8. The molecule has 1 aromatic rings. The molecule has 0 aliphatic carbocycles. The van der Waals surface area contributed by atoms with Crippen molar-refractivity contribution in [2.45, 2.75) is 31.1 Å². The minimum absolute atomic E-state index is 0.00840. The molecule has 1 aliphatic heterocycles. The van der Waals surface area contributed by atoms with E-state index in [4.69, 9.17) is 4.74 Å². The topological polar surface area (TPSA) is 72.5 Å². The number of hydrogen-bond acceptors (Lipinski definition) is 4. The number of amides is 1. The van der Waals surface area contributed by atoms with Gasteiger partial charge < -0.3 is 10.1 Å². The van der Waals surface area contributed by atoms with Gasteiger partial charge in [0.05, 0.1) is 24.0 Å². The van der Waals surface area contributed by atoms with Crippen LogP contribution in [-0.2, 0) is 25.1 Å². The Morgan fingerprint density at radius 3 is 2.71 bits per heavy atom. The average Bonchev–Trinajstić information content (AvgIpc) is 2.91. The van der Waals surface area contributed by atoms with E-state index in [0.717, 1.165) is 18.4 Å². The number of nitrogens with one attached hydrogen (secondary N) is 1. The molecule has 0 radical (unpaired) electrons. The zero-order valence-electron chi connectivity index (χ0n) is 12.0. The maximum absolute atomic E-state index is 12.0. The third-order valence-electron chi connectivity index (χ3n) is 3.40.